The van der Waals surface area contributed by atoms with Gasteiger partial charge >= 0.3 is 0 Å². The Balaban J connectivity index is 1.35. The SMILES string of the molecule is CC(NC(=O)c1cnc(-c2cccc(-c3nc(C(=O)NC(C)C4CC4)n(CCO)n3)c2)o1)C1CC1. The molecule has 10 nitrogen and oxygen atoms in total. The fraction of sp³-hybridized carbons (Fsp3) is 0.480. The average Bonchev–Trinajstić information content (AvgIpc) is 3.78. The summed E-state index contributed by atoms with van der Waals surface area (Å²) in [5, 5.41) is 19.8. The van der Waals surface area contributed by atoms with Gasteiger partial charge in [-0.05, 0) is 63.5 Å². The molecule has 0 spiro atoms. The van der Waals surface area contributed by atoms with Gasteiger partial charge in [0.15, 0.2) is 5.82 Å². The quantitative estimate of drug-likeness (QED) is 0.408. The minimum absolute atomic E-state index is 0.0669. The molecule has 2 atom stereocenters. The molecule has 3 aromatic rings. The Labute approximate surface area is 203 Å². The molecule has 10 heteroatoms. The van der Waals surface area contributed by atoms with Gasteiger partial charge < -0.3 is 20.2 Å². The highest BCUT2D eigenvalue weighted by molar-refractivity contribution is 5.92. The van der Waals surface area contributed by atoms with Crippen LogP contribution in [0.2, 0.25) is 0 Å². The van der Waals surface area contributed by atoms with Crippen LogP contribution in [0.5, 0.6) is 0 Å². The van der Waals surface area contributed by atoms with Gasteiger partial charge in [-0.25, -0.2) is 14.6 Å². The molecule has 2 saturated carbocycles. The molecule has 3 N–H and O–H groups in total. The van der Waals surface area contributed by atoms with Crippen molar-refractivity contribution < 1.29 is 19.1 Å². The molecule has 5 rings (SSSR count). The number of oxazole rings is 1. The molecule has 0 saturated heterocycles. The van der Waals surface area contributed by atoms with Crippen LogP contribution in [0.25, 0.3) is 22.8 Å². The first-order valence-corrected chi connectivity index (χ1v) is 12.2. The summed E-state index contributed by atoms with van der Waals surface area (Å²) in [6, 6.07) is 7.43. The molecule has 2 heterocycles. The third kappa shape index (κ3) is 5.27. The van der Waals surface area contributed by atoms with Crippen LogP contribution in [-0.2, 0) is 6.54 Å². The third-order valence-corrected chi connectivity index (χ3v) is 6.66. The zero-order chi connectivity index (χ0) is 24.5. The van der Waals surface area contributed by atoms with Crippen LogP contribution in [0.15, 0.2) is 34.9 Å². The van der Waals surface area contributed by atoms with E-state index in [-0.39, 0.29) is 48.6 Å². The number of carbonyl (C=O) groups excluding carboxylic acids is 2. The van der Waals surface area contributed by atoms with Gasteiger partial charge in [0.05, 0.1) is 19.3 Å². The summed E-state index contributed by atoms with van der Waals surface area (Å²) in [7, 11) is 0. The Morgan fingerprint density at radius 3 is 2.40 bits per heavy atom. The predicted molar refractivity (Wildman–Crippen MR) is 127 cm³/mol. The zero-order valence-corrected chi connectivity index (χ0v) is 19.9. The number of amides is 2. The first kappa shape index (κ1) is 23.2. The average molecular weight is 479 g/mol. The highest BCUT2D eigenvalue weighted by atomic mass is 16.4. The minimum atomic E-state index is -0.309. The van der Waals surface area contributed by atoms with Crippen LogP contribution in [0.1, 0.15) is 60.7 Å². The van der Waals surface area contributed by atoms with Crippen molar-refractivity contribution in [2.45, 2.75) is 58.2 Å². The van der Waals surface area contributed by atoms with Gasteiger partial charge in [0.2, 0.25) is 17.5 Å². The van der Waals surface area contributed by atoms with Crippen molar-refractivity contribution in [3.05, 3.63) is 42.0 Å². The molecule has 2 amide bonds. The number of hydrogen-bond donors (Lipinski definition) is 3. The van der Waals surface area contributed by atoms with E-state index in [1.54, 1.807) is 6.07 Å². The molecular weight excluding hydrogens is 448 g/mol. The maximum atomic E-state index is 12.8. The smallest absolute Gasteiger partial charge is 0.289 e. The Bertz CT molecular complexity index is 1230. The monoisotopic (exact) mass is 478 g/mol. The van der Waals surface area contributed by atoms with E-state index in [1.165, 1.54) is 10.9 Å². The third-order valence-electron chi connectivity index (χ3n) is 6.66. The summed E-state index contributed by atoms with van der Waals surface area (Å²) in [5.74, 6) is 1.44. The van der Waals surface area contributed by atoms with E-state index < -0.39 is 0 Å². The molecule has 2 fully saturated rings. The second kappa shape index (κ2) is 9.61. The maximum absolute atomic E-state index is 12.8. The van der Waals surface area contributed by atoms with E-state index in [9.17, 15) is 14.7 Å². The van der Waals surface area contributed by atoms with E-state index >= 15 is 0 Å². The fourth-order valence-electron chi connectivity index (χ4n) is 4.16. The first-order chi connectivity index (χ1) is 16.9. The Kier molecular flexibility index (Phi) is 6.38. The lowest BCUT2D eigenvalue weighted by Crippen LogP contribution is -2.36. The summed E-state index contributed by atoms with van der Waals surface area (Å²) in [5.41, 5.74) is 1.32. The molecule has 2 aromatic heterocycles. The molecule has 2 aliphatic carbocycles. The summed E-state index contributed by atoms with van der Waals surface area (Å²) in [6.07, 6.45) is 5.94. The van der Waals surface area contributed by atoms with Gasteiger partial charge in [-0.3, -0.25) is 9.59 Å². The van der Waals surface area contributed by atoms with Crippen LogP contribution in [0.3, 0.4) is 0 Å². The Morgan fingerprint density at radius 2 is 1.74 bits per heavy atom. The lowest BCUT2D eigenvalue weighted by atomic mass is 10.1. The number of aromatic nitrogens is 4. The lowest BCUT2D eigenvalue weighted by Gasteiger charge is -2.12. The normalized spacial score (nSPS) is 17.1. The van der Waals surface area contributed by atoms with Gasteiger partial charge in [-0.1, -0.05) is 12.1 Å². The fourth-order valence-corrected chi connectivity index (χ4v) is 4.16. The van der Waals surface area contributed by atoms with Crippen molar-refractivity contribution in [2.75, 3.05) is 6.61 Å². The van der Waals surface area contributed by atoms with Gasteiger partial charge in [0.1, 0.15) is 0 Å². The molecule has 35 heavy (non-hydrogen) atoms. The van der Waals surface area contributed by atoms with Crippen LogP contribution in [-0.4, -0.2) is 55.4 Å². The molecule has 184 valence electrons. The Morgan fingerprint density at radius 1 is 1.09 bits per heavy atom. The summed E-state index contributed by atoms with van der Waals surface area (Å²) < 4.78 is 7.16. The molecule has 0 bridgehead atoms. The number of rotatable bonds is 10. The van der Waals surface area contributed by atoms with E-state index in [1.807, 2.05) is 32.0 Å². The summed E-state index contributed by atoms with van der Waals surface area (Å²) in [4.78, 5) is 34.1. The van der Waals surface area contributed by atoms with Crippen LogP contribution in [0.4, 0.5) is 0 Å². The van der Waals surface area contributed by atoms with Crippen LogP contribution >= 0.6 is 0 Å². The van der Waals surface area contributed by atoms with Crippen molar-refractivity contribution in [3.63, 3.8) is 0 Å². The van der Waals surface area contributed by atoms with Gasteiger partial charge in [-0.15, -0.1) is 0 Å². The number of nitrogens with one attached hydrogen (secondary N) is 2. The van der Waals surface area contributed by atoms with Crippen molar-refractivity contribution in [3.8, 4) is 22.8 Å². The zero-order valence-electron chi connectivity index (χ0n) is 19.9. The van der Waals surface area contributed by atoms with Crippen molar-refractivity contribution in [2.24, 2.45) is 11.8 Å². The van der Waals surface area contributed by atoms with Crippen LogP contribution in [0, 0.1) is 11.8 Å². The van der Waals surface area contributed by atoms with E-state index in [2.05, 4.69) is 25.7 Å². The van der Waals surface area contributed by atoms with Gasteiger partial charge in [-0.2, -0.15) is 5.10 Å². The van der Waals surface area contributed by atoms with Crippen LogP contribution < -0.4 is 10.6 Å². The minimum Gasteiger partial charge on any atom is -0.431 e. The van der Waals surface area contributed by atoms with Gasteiger partial charge in [0.25, 0.3) is 11.8 Å². The number of aliphatic hydroxyl groups is 1. The molecule has 2 aliphatic rings. The standard InChI is InChI=1S/C25H30N6O4/c1-14(16-6-7-16)27-23(33)20-13-26-25(35-20)19-5-3-4-18(12-19)21-29-22(31(30-21)10-11-32)24(34)28-15(2)17-8-9-17/h3-5,12-17,32H,6-11H2,1-2H3,(H,27,33)(H,28,34). The number of carbonyl (C=O) groups is 2. The predicted octanol–water partition coefficient (Wildman–Crippen LogP) is 2.65. The van der Waals surface area contributed by atoms with Crippen molar-refractivity contribution in [1.82, 2.24) is 30.4 Å². The molecule has 0 radical (unpaired) electrons. The summed E-state index contributed by atoms with van der Waals surface area (Å²) in [6.45, 7) is 3.98. The largest absolute Gasteiger partial charge is 0.431 e. The molecule has 0 aliphatic heterocycles. The molecule has 2 unspecified atom stereocenters. The Hall–Kier alpha value is -3.53. The number of aliphatic hydroxyl groups excluding tert-OH is 1. The maximum Gasteiger partial charge on any atom is 0.289 e. The number of benzene rings is 1. The van der Waals surface area contributed by atoms with Crippen molar-refractivity contribution in [1.29, 1.82) is 0 Å². The van der Waals surface area contributed by atoms with E-state index in [4.69, 9.17) is 4.42 Å². The highest BCUT2D eigenvalue weighted by Crippen LogP contribution is 2.33. The highest BCUT2D eigenvalue weighted by Gasteiger charge is 2.31. The number of hydrogen-bond acceptors (Lipinski definition) is 7. The molecule has 1 aromatic carbocycles. The second-order valence-electron chi connectivity index (χ2n) is 9.52. The number of nitrogens with zero attached hydrogens (tertiary/aromatic N) is 4. The van der Waals surface area contributed by atoms with Crippen molar-refractivity contribution >= 4 is 11.8 Å². The second-order valence-corrected chi connectivity index (χ2v) is 9.52. The molecular formula is C25H30N6O4. The summed E-state index contributed by atoms with van der Waals surface area (Å²) >= 11 is 0. The topological polar surface area (TPSA) is 135 Å². The van der Waals surface area contributed by atoms with Gasteiger partial charge in [0, 0.05) is 23.2 Å². The lowest BCUT2D eigenvalue weighted by molar-refractivity contribution is 0.0904. The van der Waals surface area contributed by atoms with E-state index in [0.29, 0.717) is 34.7 Å². The first-order valence-electron chi connectivity index (χ1n) is 12.2. The van der Waals surface area contributed by atoms with E-state index in [0.717, 1.165) is 25.7 Å².